The highest BCUT2D eigenvalue weighted by atomic mass is 19.4. The van der Waals surface area contributed by atoms with E-state index < -0.39 is 17.3 Å². The van der Waals surface area contributed by atoms with E-state index in [1.807, 2.05) is 0 Å². The van der Waals surface area contributed by atoms with Gasteiger partial charge in [0, 0.05) is 16.0 Å². The van der Waals surface area contributed by atoms with Crippen molar-refractivity contribution in [2.45, 2.75) is 6.18 Å². The summed E-state index contributed by atoms with van der Waals surface area (Å²) in [6.45, 7) is -0.132. The Kier molecular flexibility index (Phi) is 4.35. The maximum atomic E-state index is 12.6. The van der Waals surface area contributed by atoms with Gasteiger partial charge in [0.25, 0.3) is 0 Å². The van der Waals surface area contributed by atoms with E-state index in [1.54, 1.807) is 0 Å². The van der Waals surface area contributed by atoms with E-state index in [-0.39, 0.29) is 18.4 Å². The van der Waals surface area contributed by atoms with Crippen LogP contribution in [0.3, 0.4) is 0 Å². The lowest BCUT2D eigenvalue weighted by molar-refractivity contribution is -0.137. The molecule has 0 saturated heterocycles. The summed E-state index contributed by atoms with van der Waals surface area (Å²) in [4.78, 5) is 12.9. The Bertz CT molecular complexity index is 563. The molecule has 18 heavy (non-hydrogen) atoms. The topological polar surface area (TPSA) is 65.8 Å². The molecule has 0 N–H and O–H groups in total. The molecule has 1 aromatic rings. The molecule has 0 radical (unpaired) electrons. The molecular formula is C11H6F3N3O. The summed E-state index contributed by atoms with van der Waals surface area (Å²) in [5.41, 5.74) is 6.61. The summed E-state index contributed by atoms with van der Waals surface area (Å²) in [6, 6.07) is 3.13. The average Bonchev–Trinajstić information content (AvgIpc) is 2.33. The van der Waals surface area contributed by atoms with Crippen molar-refractivity contribution in [1.29, 1.82) is 0 Å². The first kappa shape index (κ1) is 13.6. The molecule has 0 heterocycles. The maximum absolute atomic E-state index is 12.6. The molecular weight excluding hydrogens is 247 g/mol. The number of halogens is 3. The van der Waals surface area contributed by atoms with E-state index in [4.69, 9.17) is 5.53 Å². The van der Waals surface area contributed by atoms with E-state index >= 15 is 0 Å². The fraction of sp³-hybridized carbons (Fsp3) is 0.182. The number of azide groups is 1. The second-order valence-electron chi connectivity index (χ2n) is 3.11. The van der Waals surface area contributed by atoms with Gasteiger partial charge in [-0.25, -0.2) is 0 Å². The van der Waals surface area contributed by atoms with E-state index in [2.05, 4.69) is 21.9 Å². The highest BCUT2D eigenvalue weighted by molar-refractivity contribution is 5.78. The van der Waals surface area contributed by atoms with Gasteiger partial charge < -0.3 is 0 Å². The summed E-state index contributed by atoms with van der Waals surface area (Å²) in [5, 5.41) is 3.12. The Morgan fingerprint density at radius 3 is 2.72 bits per heavy atom. The molecule has 0 saturated carbocycles. The Labute approximate surface area is 100 Å². The van der Waals surface area contributed by atoms with Crippen molar-refractivity contribution < 1.29 is 18.0 Å². The minimum absolute atomic E-state index is 0.0982. The van der Waals surface area contributed by atoms with Gasteiger partial charge in [-0.05, 0) is 23.7 Å². The summed E-state index contributed by atoms with van der Waals surface area (Å²) in [7, 11) is 0. The molecule has 0 aliphatic heterocycles. The Morgan fingerprint density at radius 1 is 1.44 bits per heavy atom. The van der Waals surface area contributed by atoms with Gasteiger partial charge in [-0.3, -0.25) is 4.79 Å². The lowest BCUT2D eigenvalue weighted by atomic mass is 10.0. The van der Waals surface area contributed by atoms with Gasteiger partial charge in [-0.1, -0.05) is 17.0 Å². The van der Waals surface area contributed by atoms with Crippen molar-refractivity contribution in [3.63, 3.8) is 0 Å². The van der Waals surface area contributed by atoms with Crippen LogP contribution in [0.25, 0.3) is 10.4 Å². The lowest BCUT2D eigenvalue weighted by Gasteiger charge is -2.09. The molecule has 0 aliphatic rings. The molecule has 0 spiro atoms. The second-order valence-corrected chi connectivity index (χ2v) is 3.11. The molecule has 7 heteroatoms. The Hall–Kier alpha value is -2.45. The normalized spacial score (nSPS) is 9.94. The molecule has 0 amide bonds. The Balaban J connectivity index is 3.13. The van der Waals surface area contributed by atoms with Crippen LogP contribution in [0, 0.1) is 11.8 Å². The van der Waals surface area contributed by atoms with Crippen LogP contribution in [0.1, 0.15) is 21.5 Å². The number of benzene rings is 1. The van der Waals surface area contributed by atoms with Crippen LogP contribution in [0.2, 0.25) is 0 Å². The fourth-order valence-electron chi connectivity index (χ4n) is 1.19. The van der Waals surface area contributed by atoms with Gasteiger partial charge in [0.15, 0.2) is 6.29 Å². The number of rotatable bonds is 2. The van der Waals surface area contributed by atoms with Crippen LogP contribution in [0.4, 0.5) is 13.2 Å². The SMILES string of the molecule is [N-]=[N+]=NCC#Cc1ccc(C=O)c(C(F)(F)F)c1. The fourth-order valence-corrected chi connectivity index (χ4v) is 1.19. The van der Waals surface area contributed by atoms with Crippen molar-refractivity contribution in [3.8, 4) is 11.8 Å². The van der Waals surface area contributed by atoms with Crippen molar-refractivity contribution in [3.05, 3.63) is 45.3 Å². The first-order chi connectivity index (χ1) is 8.49. The van der Waals surface area contributed by atoms with E-state index in [0.717, 1.165) is 12.1 Å². The van der Waals surface area contributed by atoms with E-state index in [1.165, 1.54) is 6.07 Å². The minimum Gasteiger partial charge on any atom is -0.298 e. The number of hydrogen-bond acceptors (Lipinski definition) is 2. The minimum atomic E-state index is -4.61. The zero-order valence-electron chi connectivity index (χ0n) is 8.90. The highest BCUT2D eigenvalue weighted by Gasteiger charge is 2.33. The van der Waals surface area contributed by atoms with E-state index in [0.29, 0.717) is 0 Å². The largest absolute Gasteiger partial charge is 0.417 e. The first-order valence-electron chi connectivity index (χ1n) is 4.65. The van der Waals surface area contributed by atoms with Crippen LogP contribution >= 0.6 is 0 Å². The van der Waals surface area contributed by atoms with Crippen molar-refractivity contribution in [1.82, 2.24) is 0 Å². The predicted molar refractivity (Wildman–Crippen MR) is 57.7 cm³/mol. The van der Waals surface area contributed by atoms with Gasteiger partial charge in [-0.15, -0.1) is 0 Å². The number of nitrogens with zero attached hydrogens (tertiary/aromatic N) is 3. The van der Waals surface area contributed by atoms with Crippen LogP contribution in [-0.4, -0.2) is 12.8 Å². The quantitative estimate of drug-likeness (QED) is 0.262. The molecule has 0 fully saturated rings. The first-order valence-corrected chi connectivity index (χ1v) is 4.65. The van der Waals surface area contributed by atoms with Gasteiger partial charge in [0.05, 0.1) is 12.1 Å². The maximum Gasteiger partial charge on any atom is 0.417 e. The smallest absolute Gasteiger partial charge is 0.298 e. The van der Waals surface area contributed by atoms with Crippen LogP contribution in [0.15, 0.2) is 23.3 Å². The molecule has 0 atom stereocenters. The number of carbonyl (C=O) groups is 1. The van der Waals surface area contributed by atoms with Crippen LogP contribution in [-0.2, 0) is 6.18 Å². The molecule has 4 nitrogen and oxygen atoms in total. The second kappa shape index (κ2) is 5.75. The number of hydrogen-bond donors (Lipinski definition) is 0. The van der Waals surface area contributed by atoms with Crippen molar-refractivity contribution in [2.24, 2.45) is 5.11 Å². The zero-order valence-corrected chi connectivity index (χ0v) is 8.90. The number of alkyl halides is 3. The third-order valence-electron chi connectivity index (χ3n) is 1.93. The lowest BCUT2D eigenvalue weighted by Crippen LogP contribution is -2.09. The average molecular weight is 253 g/mol. The van der Waals surface area contributed by atoms with Gasteiger partial charge in [0.1, 0.15) is 0 Å². The van der Waals surface area contributed by atoms with Crippen LogP contribution < -0.4 is 0 Å². The van der Waals surface area contributed by atoms with Gasteiger partial charge in [-0.2, -0.15) is 13.2 Å². The third-order valence-corrected chi connectivity index (χ3v) is 1.93. The summed E-state index contributed by atoms with van der Waals surface area (Å²) >= 11 is 0. The van der Waals surface area contributed by atoms with Crippen molar-refractivity contribution >= 4 is 6.29 Å². The third kappa shape index (κ3) is 3.54. The molecule has 1 rings (SSSR count). The number of carbonyl (C=O) groups excluding carboxylic acids is 1. The summed E-state index contributed by atoms with van der Waals surface area (Å²) < 4.78 is 37.8. The Morgan fingerprint density at radius 2 is 2.17 bits per heavy atom. The molecule has 0 aromatic heterocycles. The monoisotopic (exact) mass is 253 g/mol. The molecule has 92 valence electrons. The van der Waals surface area contributed by atoms with Crippen LogP contribution in [0.5, 0.6) is 0 Å². The molecule has 0 aliphatic carbocycles. The predicted octanol–water partition coefficient (Wildman–Crippen LogP) is 3.18. The summed E-state index contributed by atoms with van der Waals surface area (Å²) in [6.07, 6.45) is -4.47. The molecule has 0 unspecified atom stereocenters. The van der Waals surface area contributed by atoms with Gasteiger partial charge >= 0.3 is 6.18 Å². The highest BCUT2D eigenvalue weighted by Crippen LogP contribution is 2.31. The van der Waals surface area contributed by atoms with E-state index in [9.17, 15) is 18.0 Å². The molecule has 0 bridgehead atoms. The summed E-state index contributed by atoms with van der Waals surface area (Å²) in [5.74, 6) is 4.81. The molecule has 1 aromatic carbocycles. The number of aldehydes is 1. The van der Waals surface area contributed by atoms with Crippen molar-refractivity contribution in [2.75, 3.05) is 6.54 Å². The standard InChI is InChI=1S/C11H6F3N3O/c12-11(13,14)10-6-8(2-1-5-16-17-15)3-4-9(10)7-18/h3-4,6-7H,5H2. The zero-order chi connectivity index (χ0) is 13.6. The van der Waals surface area contributed by atoms with Gasteiger partial charge in [0.2, 0.25) is 0 Å².